The van der Waals surface area contributed by atoms with Gasteiger partial charge in [0.15, 0.2) is 5.82 Å². The molecule has 0 aliphatic heterocycles. The van der Waals surface area contributed by atoms with Gasteiger partial charge < -0.3 is 11.1 Å². The van der Waals surface area contributed by atoms with E-state index < -0.39 is 0 Å². The number of fused-ring (bicyclic) bond motifs is 3. The molecular weight excluding hydrogens is 535 g/mol. The SMILES string of the molecule is Nc1ccc2c(c1)CCc1nc(NC(=O)Cc3ccc(I)cc3)c(/C=C/c3ccccc3)nc1-2. The topological polar surface area (TPSA) is 80.9 Å². The zero-order chi connectivity index (χ0) is 23.5. The maximum Gasteiger partial charge on any atom is 0.230 e. The van der Waals surface area contributed by atoms with E-state index >= 15 is 0 Å². The Balaban J connectivity index is 1.50. The molecule has 0 fully saturated rings. The van der Waals surface area contributed by atoms with Crippen LogP contribution in [0, 0.1) is 3.57 Å². The maximum absolute atomic E-state index is 12.9. The molecule has 0 atom stereocenters. The molecule has 1 aliphatic rings. The number of benzene rings is 3. The second-order valence-corrected chi connectivity index (χ2v) is 9.51. The third-order valence-electron chi connectivity index (χ3n) is 5.78. The lowest BCUT2D eigenvalue weighted by Crippen LogP contribution is -2.19. The minimum absolute atomic E-state index is 0.117. The second-order valence-electron chi connectivity index (χ2n) is 8.26. The molecule has 6 heteroatoms. The average Bonchev–Trinajstić information content (AvgIpc) is 2.84. The van der Waals surface area contributed by atoms with Crippen molar-refractivity contribution in [3.8, 4) is 11.3 Å². The monoisotopic (exact) mass is 558 g/mol. The van der Waals surface area contributed by atoms with Gasteiger partial charge in [0.2, 0.25) is 5.91 Å². The molecule has 0 saturated carbocycles. The molecular formula is C28H23IN4O. The molecule has 0 bridgehead atoms. The van der Waals surface area contributed by atoms with E-state index in [1.807, 2.05) is 84.9 Å². The summed E-state index contributed by atoms with van der Waals surface area (Å²) in [5.74, 6) is 0.370. The summed E-state index contributed by atoms with van der Waals surface area (Å²) in [5.41, 5.74) is 13.3. The summed E-state index contributed by atoms with van der Waals surface area (Å²) in [4.78, 5) is 22.7. The summed E-state index contributed by atoms with van der Waals surface area (Å²) >= 11 is 2.26. The van der Waals surface area contributed by atoms with Crippen LogP contribution in [-0.2, 0) is 24.1 Å². The number of hydrogen-bond acceptors (Lipinski definition) is 4. The van der Waals surface area contributed by atoms with E-state index in [0.717, 1.165) is 50.2 Å². The fraction of sp³-hybridized carbons (Fsp3) is 0.107. The Bertz CT molecular complexity index is 1380. The molecule has 5 nitrogen and oxygen atoms in total. The molecule has 0 saturated heterocycles. The van der Waals surface area contributed by atoms with Crippen LogP contribution in [0.4, 0.5) is 11.5 Å². The number of hydrogen-bond donors (Lipinski definition) is 2. The van der Waals surface area contributed by atoms with Gasteiger partial charge in [-0.2, -0.15) is 0 Å². The Morgan fingerprint density at radius 3 is 2.56 bits per heavy atom. The van der Waals surface area contributed by atoms with Crippen molar-refractivity contribution in [1.29, 1.82) is 0 Å². The number of halogens is 1. The second kappa shape index (κ2) is 9.77. The fourth-order valence-electron chi connectivity index (χ4n) is 4.09. The first-order valence-electron chi connectivity index (χ1n) is 11.1. The van der Waals surface area contributed by atoms with Crippen molar-refractivity contribution >= 4 is 52.2 Å². The molecule has 1 heterocycles. The minimum atomic E-state index is -0.117. The Kier molecular flexibility index (Phi) is 6.40. The molecule has 34 heavy (non-hydrogen) atoms. The zero-order valence-corrected chi connectivity index (χ0v) is 20.6. The lowest BCUT2D eigenvalue weighted by atomic mass is 9.91. The molecule has 1 amide bonds. The van der Waals surface area contributed by atoms with Crippen molar-refractivity contribution in [2.75, 3.05) is 11.1 Å². The van der Waals surface area contributed by atoms with Crippen LogP contribution in [-0.4, -0.2) is 15.9 Å². The Morgan fingerprint density at radius 1 is 0.971 bits per heavy atom. The summed E-state index contributed by atoms with van der Waals surface area (Å²) in [7, 11) is 0. The van der Waals surface area contributed by atoms with E-state index in [0.29, 0.717) is 11.5 Å². The Morgan fingerprint density at radius 2 is 1.76 bits per heavy atom. The summed E-state index contributed by atoms with van der Waals surface area (Å²) in [5, 5.41) is 3.01. The van der Waals surface area contributed by atoms with Gasteiger partial charge in [0.25, 0.3) is 0 Å². The van der Waals surface area contributed by atoms with Gasteiger partial charge in [-0.1, -0.05) is 54.6 Å². The molecule has 0 spiro atoms. The summed E-state index contributed by atoms with van der Waals surface area (Å²) in [6, 6.07) is 23.9. The number of amides is 1. The van der Waals surface area contributed by atoms with Crippen LogP contribution < -0.4 is 11.1 Å². The number of nitrogens with zero attached hydrogens (tertiary/aromatic N) is 2. The number of nitrogens with one attached hydrogen (secondary N) is 1. The standard InChI is InChI=1S/C28H23IN4O/c29-21-10-6-19(7-11-21)16-26(34)33-28-25(14-8-18-4-2-1-3-5-18)31-27-23-13-12-22(30)17-20(23)9-15-24(27)32-28/h1-8,10-14,17H,9,15-16,30H2,(H,32,33,34)/b14-8+. The highest BCUT2D eigenvalue weighted by Gasteiger charge is 2.22. The molecule has 5 rings (SSSR count). The van der Waals surface area contributed by atoms with Gasteiger partial charge in [0, 0.05) is 14.8 Å². The highest BCUT2D eigenvalue weighted by Crippen LogP contribution is 2.34. The molecule has 3 aromatic carbocycles. The van der Waals surface area contributed by atoms with Crippen LogP contribution in [0.25, 0.3) is 23.4 Å². The minimum Gasteiger partial charge on any atom is -0.399 e. The van der Waals surface area contributed by atoms with Gasteiger partial charge in [0.05, 0.1) is 17.8 Å². The van der Waals surface area contributed by atoms with Crippen molar-refractivity contribution in [2.45, 2.75) is 19.3 Å². The molecule has 1 aliphatic carbocycles. The van der Waals surface area contributed by atoms with Crippen LogP contribution in [0.2, 0.25) is 0 Å². The predicted molar refractivity (Wildman–Crippen MR) is 146 cm³/mol. The summed E-state index contributed by atoms with van der Waals surface area (Å²) in [6.45, 7) is 0. The van der Waals surface area contributed by atoms with E-state index in [1.165, 1.54) is 5.56 Å². The molecule has 1 aromatic heterocycles. The number of rotatable bonds is 5. The number of aromatic nitrogens is 2. The summed E-state index contributed by atoms with van der Waals surface area (Å²) < 4.78 is 1.14. The number of anilines is 2. The highest BCUT2D eigenvalue weighted by molar-refractivity contribution is 14.1. The molecule has 0 radical (unpaired) electrons. The van der Waals surface area contributed by atoms with Crippen molar-refractivity contribution in [3.05, 3.63) is 104 Å². The molecule has 0 unspecified atom stereocenters. The van der Waals surface area contributed by atoms with E-state index in [-0.39, 0.29) is 12.3 Å². The van der Waals surface area contributed by atoms with Crippen LogP contribution >= 0.6 is 22.6 Å². The highest BCUT2D eigenvalue weighted by atomic mass is 127. The quantitative estimate of drug-likeness (QED) is 0.241. The maximum atomic E-state index is 12.9. The van der Waals surface area contributed by atoms with Crippen LogP contribution in [0.15, 0.2) is 72.8 Å². The van der Waals surface area contributed by atoms with Crippen molar-refractivity contribution in [1.82, 2.24) is 9.97 Å². The Hall–Kier alpha value is -3.52. The lowest BCUT2D eigenvalue weighted by molar-refractivity contribution is -0.115. The zero-order valence-electron chi connectivity index (χ0n) is 18.5. The van der Waals surface area contributed by atoms with Crippen LogP contribution in [0.1, 0.15) is 28.1 Å². The molecule has 168 valence electrons. The van der Waals surface area contributed by atoms with E-state index in [9.17, 15) is 4.79 Å². The first-order valence-corrected chi connectivity index (χ1v) is 12.2. The van der Waals surface area contributed by atoms with Gasteiger partial charge in [-0.25, -0.2) is 9.97 Å². The molecule has 4 aromatic rings. The third kappa shape index (κ3) is 5.02. The van der Waals surface area contributed by atoms with Crippen molar-refractivity contribution in [2.24, 2.45) is 0 Å². The number of nitrogens with two attached hydrogens (primary N) is 1. The number of aryl methyl sites for hydroxylation is 2. The van der Waals surface area contributed by atoms with Crippen molar-refractivity contribution in [3.63, 3.8) is 0 Å². The van der Waals surface area contributed by atoms with E-state index in [2.05, 4.69) is 27.9 Å². The van der Waals surface area contributed by atoms with E-state index in [1.54, 1.807) is 0 Å². The number of carbonyl (C=O) groups is 1. The fourth-order valence-corrected chi connectivity index (χ4v) is 4.45. The average molecular weight is 558 g/mol. The smallest absolute Gasteiger partial charge is 0.230 e. The Labute approximate surface area is 212 Å². The number of carbonyl (C=O) groups excluding carboxylic acids is 1. The van der Waals surface area contributed by atoms with Crippen molar-refractivity contribution < 1.29 is 4.79 Å². The largest absolute Gasteiger partial charge is 0.399 e. The van der Waals surface area contributed by atoms with Gasteiger partial charge in [-0.3, -0.25) is 4.79 Å². The third-order valence-corrected chi connectivity index (χ3v) is 6.50. The van der Waals surface area contributed by atoms with E-state index in [4.69, 9.17) is 15.7 Å². The summed E-state index contributed by atoms with van der Waals surface area (Å²) in [6.07, 6.45) is 5.77. The molecule has 3 N–H and O–H groups in total. The first kappa shape index (κ1) is 22.3. The van der Waals surface area contributed by atoms with Gasteiger partial charge in [0.1, 0.15) is 5.69 Å². The number of nitrogen functional groups attached to an aromatic ring is 1. The normalized spacial score (nSPS) is 12.3. The van der Waals surface area contributed by atoms with Gasteiger partial charge >= 0.3 is 0 Å². The van der Waals surface area contributed by atoms with Gasteiger partial charge in [-0.15, -0.1) is 0 Å². The first-order chi connectivity index (χ1) is 16.5. The van der Waals surface area contributed by atoms with Gasteiger partial charge in [-0.05, 0) is 82.5 Å². The van der Waals surface area contributed by atoms with Crippen LogP contribution in [0.3, 0.4) is 0 Å². The van der Waals surface area contributed by atoms with Crippen LogP contribution in [0.5, 0.6) is 0 Å². The predicted octanol–water partition coefficient (Wildman–Crippen LogP) is 5.78. The lowest BCUT2D eigenvalue weighted by Gasteiger charge is -2.20.